The first-order valence-electron chi connectivity index (χ1n) is 6.79. The summed E-state index contributed by atoms with van der Waals surface area (Å²) in [7, 11) is -3.48. The van der Waals surface area contributed by atoms with E-state index < -0.39 is 10.0 Å². The number of hydrogen-bond acceptors (Lipinski definition) is 2. The van der Waals surface area contributed by atoms with Gasteiger partial charge in [-0.2, -0.15) is 0 Å². The van der Waals surface area contributed by atoms with Gasteiger partial charge in [0.25, 0.3) is 0 Å². The summed E-state index contributed by atoms with van der Waals surface area (Å²) in [6, 6.07) is 14.7. The summed E-state index contributed by atoms with van der Waals surface area (Å²) in [6.45, 7) is 1.93. The quantitative estimate of drug-likeness (QED) is 0.889. The van der Waals surface area contributed by atoms with Gasteiger partial charge in [0, 0.05) is 6.04 Å². The molecule has 0 aliphatic carbocycles. The van der Waals surface area contributed by atoms with Crippen LogP contribution in [0.2, 0.25) is 0 Å². The average Bonchev–Trinajstić information content (AvgIpc) is 2.48. The van der Waals surface area contributed by atoms with Gasteiger partial charge in [0.1, 0.15) is 5.82 Å². The highest BCUT2D eigenvalue weighted by atomic mass is 32.2. The first-order valence-corrected chi connectivity index (χ1v) is 8.45. The Morgan fingerprint density at radius 2 is 1.67 bits per heavy atom. The molecular formula is C16H18FNO2S. The number of benzene rings is 2. The second kappa shape index (κ2) is 6.83. The maximum absolute atomic E-state index is 12.8. The van der Waals surface area contributed by atoms with Crippen LogP contribution in [0.1, 0.15) is 30.5 Å². The molecule has 0 amide bonds. The number of hydrogen-bond donors (Lipinski definition) is 1. The molecule has 1 atom stereocenters. The smallest absolute Gasteiger partial charge is 0.212 e. The zero-order valence-electron chi connectivity index (χ0n) is 11.8. The third kappa shape index (κ3) is 4.65. The zero-order valence-corrected chi connectivity index (χ0v) is 12.6. The lowest BCUT2D eigenvalue weighted by molar-refractivity contribution is 0.549. The lowest BCUT2D eigenvalue weighted by Gasteiger charge is -2.17. The molecule has 0 heterocycles. The molecule has 2 aromatic rings. The van der Waals surface area contributed by atoms with Crippen LogP contribution in [0.3, 0.4) is 0 Å². The molecule has 0 fully saturated rings. The molecule has 1 N–H and O–H groups in total. The summed E-state index contributed by atoms with van der Waals surface area (Å²) in [5.74, 6) is -0.531. The highest BCUT2D eigenvalue weighted by Gasteiger charge is 2.18. The Morgan fingerprint density at radius 1 is 1.05 bits per heavy atom. The van der Waals surface area contributed by atoms with Crippen molar-refractivity contribution in [3.8, 4) is 0 Å². The van der Waals surface area contributed by atoms with Gasteiger partial charge >= 0.3 is 0 Å². The molecule has 21 heavy (non-hydrogen) atoms. The Labute approximate surface area is 124 Å². The fourth-order valence-corrected chi connectivity index (χ4v) is 3.58. The molecule has 0 saturated heterocycles. The van der Waals surface area contributed by atoms with Crippen molar-refractivity contribution in [3.63, 3.8) is 0 Å². The van der Waals surface area contributed by atoms with Crippen molar-refractivity contribution in [1.82, 2.24) is 4.72 Å². The van der Waals surface area contributed by atoms with E-state index in [9.17, 15) is 12.8 Å². The van der Waals surface area contributed by atoms with E-state index in [0.29, 0.717) is 12.0 Å². The summed E-state index contributed by atoms with van der Waals surface area (Å²) in [5.41, 5.74) is 1.49. The third-order valence-corrected chi connectivity index (χ3v) is 4.56. The van der Waals surface area contributed by atoms with Gasteiger partial charge in [0.15, 0.2) is 0 Å². The lowest BCUT2D eigenvalue weighted by Crippen LogP contribution is -2.29. The molecule has 0 aromatic heterocycles. The number of sulfonamides is 1. The van der Waals surface area contributed by atoms with Crippen LogP contribution in [-0.2, 0) is 15.8 Å². The molecule has 0 bridgehead atoms. The standard InChI is InChI=1S/C16H18FNO2S/c1-2-16(14-6-4-3-5-7-14)18-21(19,20)12-13-8-10-15(17)11-9-13/h3-11,16,18H,2,12H2,1H3/t16-/m0/s1. The predicted molar refractivity (Wildman–Crippen MR) is 81.6 cm³/mol. The van der Waals surface area contributed by atoms with E-state index in [4.69, 9.17) is 0 Å². The zero-order chi connectivity index (χ0) is 15.3. The normalized spacial score (nSPS) is 13.0. The molecule has 3 nitrogen and oxygen atoms in total. The molecule has 0 spiro atoms. The minimum absolute atomic E-state index is 0.156. The van der Waals surface area contributed by atoms with Crippen molar-refractivity contribution in [2.75, 3.05) is 0 Å². The van der Waals surface area contributed by atoms with E-state index in [2.05, 4.69) is 4.72 Å². The predicted octanol–water partition coefficient (Wildman–Crippen LogP) is 3.40. The lowest BCUT2D eigenvalue weighted by atomic mass is 10.1. The van der Waals surface area contributed by atoms with Gasteiger partial charge in [-0.1, -0.05) is 49.4 Å². The van der Waals surface area contributed by atoms with E-state index in [0.717, 1.165) is 5.56 Å². The molecule has 0 unspecified atom stereocenters. The van der Waals surface area contributed by atoms with Crippen LogP contribution in [0, 0.1) is 5.82 Å². The van der Waals surface area contributed by atoms with E-state index in [-0.39, 0.29) is 17.6 Å². The maximum atomic E-state index is 12.8. The van der Waals surface area contributed by atoms with E-state index in [1.54, 1.807) is 0 Å². The first-order chi connectivity index (χ1) is 10.00. The summed E-state index contributed by atoms with van der Waals surface area (Å²) in [6.07, 6.45) is 0.659. The van der Waals surface area contributed by atoms with Crippen molar-refractivity contribution in [3.05, 3.63) is 71.5 Å². The van der Waals surface area contributed by atoms with Gasteiger partial charge in [0.2, 0.25) is 10.0 Å². The van der Waals surface area contributed by atoms with E-state index in [1.165, 1.54) is 24.3 Å². The monoisotopic (exact) mass is 307 g/mol. The largest absolute Gasteiger partial charge is 0.216 e. The molecule has 5 heteroatoms. The summed E-state index contributed by atoms with van der Waals surface area (Å²) < 4.78 is 40.0. The van der Waals surface area contributed by atoms with Crippen LogP contribution >= 0.6 is 0 Å². The third-order valence-electron chi connectivity index (χ3n) is 3.20. The number of rotatable bonds is 6. The molecular weight excluding hydrogens is 289 g/mol. The highest BCUT2D eigenvalue weighted by Crippen LogP contribution is 2.18. The van der Waals surface area contributed by atoms with Crippen molar-refractivity contribution in [2.45, 2.75) is 25.1 Å². The Morgan fingerprint density at radius 3 is 2.24 bits per heavy atom. The minimum atomic E-state index is -3.48. The molecule has 0 radical (unpaired) electrons. The fraction of sp³-hybridized carbons (Fsp3) is 0.250. The molecule has 2 rings (SSSR count). The van der Waals surface area contributed by atoms with Gasteiger partial charge in [-0.25, -0.2) is 17.5 Å². The minimum Gasteiger partial charge on any atom is -0.212 e. The van der Waals surface area contributed by atoms with Crippen molar-refractivity contribution < 1.29 is 12.8 Å². The van der Waals surface area contributed by atoms with E-state index >= 15 is 0 Å². The van der Waals surface area contributed by atoms with Crippen molar-refractivity contribution >= 4 is 10.0 Å². The van der Waals surface area contributed by atoms with Crippen LogP contribution in [-0.4, -0.2) is 8.42 Å². The Kier molecular flexibility index (Phi) is 5.09. The molecule has 0 aliphatic heterocycles. The van der Waals surface area contributed by atoms with Crippen LogP contribution < -0.4 is 4.72 Å². The Hall–Kier alpha value is -1.72. The van der Waals surface area contributed by atoms with Crippen LogP contribution in [0.25, 0.3) is 0 Å². The first kappa shape index (κ1) is 15.7. The van der Waals surface area contributed by atoms with Crippen molar-refractivity contribution in [1.29, 1.82) is 0 Å². The molecule has 2 aromatic carbocycles. The van der Waals surface area contributed by atoms with Crippen molar-refractivity contribution in [2.24, 2.45) is 0 Å². The molecule has 0 saturated carbocycles. The number of nitrogens with one attached hydrogen (secondary N) is 1. The summed E-state index contributed by atoms with van der Waals surface area (Å²) >= 11 is 0. The number of halogens is 1. The van der Waals surface area contributed by atoms with Crippen LogP contribution in [0.4, 0.5) is 4.39 Å². The summed E-state index contributed by atoms with van der Waals surface area (Å²) in [5, 5.41) is 0. The second-order valence-corrected chi connectivity index (χ2v) is 6.63. The average molecular weight is 307 g/mol. The van der Waals surface area contributed by atoms with Crippen LogP contribution in [0.15, 0.2) is 54.6 Å². The van der Waals surface area contributed by atoms with Gasteiger partial charge < -0.3 is 0 Å². The van der Waals surface area contributed by atoms with Gasteiger partial charge in [-0.05, 0) is 29.7 Å². The maximum Gasteiger partial charge on any atom is 0.216 e. The Balaban J connectivity index is 2.10. The Bertz CT molecular complexity index is 669. The molecule has 112 valence electrons. The topological polar surface area (TPSA) is 46.2 Å². The van der Waals surface area contributed by atoms with Gasteiger partial charge in [-0.15, -0.1) is 0 Å². The fourth-order valence-electron chi connectivity index (χ4n) is 2.13. The second-order valence-electron chi connectivity index (χ2n) is 4.87. The van der Waals surface area contributed by atoms with E-state index in [1.807, 2.05) is 37.3 Å². The van der Waals surface area contributed by atoms with Crippen LogP contribution in [0.5, 0.6) is 0 Å². The summed E-state index contributed by atoms with van der Waals surface area (Å²) in [4.78, 5) is 0. The van der Waals surface area contributed by atoms with Gasteiger partial charge in [-0.3, -0.25) is 0 Å². The van der Waals surface area contributed by atoms with Gasteiger partial charge in [0.05, 0.1) is 5.75 Å². The SMILES string of the molecule is CC[C@H](NS(=O)(=O)Cc1ccc(F)cc1)c1ccccc1. The highest BCUT2D eigenvalue weighted by molar-refractivity contribution is 7.88. The molecule has 0 aliphatic rings.